The molecule has 1 aromatic carbocycles. The first-order valence-corrected chi connectivity index (χ1v) is 8.00. The summed E-state index contributed by atoms with van der Waals surface area (Å²) in [5.74, 6) is 0.102. The van der Waals surface area contributed by atoms with Crippen LogP contribution < -0.4 is 11.1 Å². The number of amides is 1. The van der Waals surface area contributed by atoms with Crippen LogP contribution in [0.5, 0.6) is 0 Å². The van der Waals surface area contributed by atoms with Gasteiger partial charge in [0.1, 0.15) is 10.7 Å². The Hall–Kier alpha value is -2.44. The number of primary amides is 1. The number of carbonyl (C=O) groups excluding carboxylic acids is 1. The third-order valence-corrected chi connectivity index (χ3v) is 4.51. The number of hydrogen-bond donors (Lipinski definition) is 2. The van der Waals surface area contributed by atoms with Crippen molar-refractivity contribution in [1.82, 2.24) is 9.97 Å². The lowest BCUT2D eigenvalue weighted by Gasteiger charge is -2.06. The van der Waals surface area contributed by atoms with Crippen LogP contribution in [0.3, 0.4) is 0 Å². The topological polar surface area (TPSA) is 80.9 Å². The van der Waals surface area contributed by atoms with E-state index in [4.69, 9.17) is 17.3 Å². The molecule has 0 saturated carbocycles. The number of benzene rings is 1. The van der Waals surface area contributed by atoms with Crippen LogP contribution in [0, 0.1) is 6.92 Å². The summed E-state index contributed by atoms with van der Waals surface area (Å²) in [5.41, 5.74) is 7.64. The molecule has 3 aromatic rings. The monoisotopic (exact) mass is 344 g/mol. The third-order valence-electron chi connectivity index (χ3n) is 3.21. The second-order valence-corrected chi connectivity index (χ2v) is 6.24. The number of nitrogens with one attached hydrogen (secondary N) is 1. The van der Waals surface area contributed by atoms with E-state index < -0.39 is 5.91 Å². The number of nitrogens with two attached hydrogens (primary N) is 1. The predicted octanol–water partition coefficient (Wildman–Crippen LogP) is 4.01. The van der Waals surface area contributed by atoms with Gasteiger partial charge in [-0.05, 0) is 30.7 Å². The lowest BCUT2D eigenvalue weighted by atomic mass is 10.0. The maximum atomic E-state index is 11.8. The van der Waals surface area contributed by atoms with Crippen LogP contribution in [0.1, 0.15) is 15.2 Å². The Kier molecular flexibility index (Phi) is 4.27. The lowest BCUT2D eigenvalue weighted by molar-refractivity contribution is 0.100. The Morgan fingerprint density at radius 2 is 2.09 bits per heavy atom. The molecule has 3 N–H and O–H groups in total. The molecular weight excluding hydrogens is 332 g/mol. The van der Waals surface area contributed by atoms with Gasteiger partial charge in [0.25, 0.3) is 5.91 Å². The highest BCUT2D eigenvalue weighted by molar-refractivity contribution is 7.18. The number of anilines is 2. The van der Waals surface area contributed by atoms with Crippen LogP contribution in [0.25, 0.3) is 11.3 Å². The summed E-state index contributed by atoms with van der Waals surface area (Å²) >= 11 is 7.47. The number of aryl methyl sites for hydroxylation is 1. The Morgan fingerprint density at radius 3 is 2.74 bits per heavy atom. The van der Waals surface area contributed by atoms with E-state index in [-0.39, 0.29) is 0 Å². The molecule has 0 radical (unpaired) electrons. The Bertz CT molecular complexity index is 844. The fourth-order valence-corrected chi connectivity index (χ4v) is 3.33. The van der Waals surface area contributed by atoms with Gasteiger partial charge in [0, 0.05) is 11.8 Å². The minimum atomic E-state index is -0.536. The summed E-state index contributed by atoms with van der Waals surface area (Å²) < 4.78 is 0. The number of pyridine rings is 1. The van der Waals surface area contributed by atoms with Crippen molar-refractivity contribution < 1.29 is 4.79 Å². The number of carbonyl (C=O) groups is 1. The van der Waals surface area contributed by atoms with Crippen LogP contribution in [0.15, 0.2) is 42.6 Å². The van der Waals surface area contributed by atoms with Crippen molar-refractivity contribution >= 4 is 39.8 Å². The average molecular weight is 345 g/mol. The second-order valence-electron chi connectivity index (χ2n) is 4.83. The molecule has 5 nitrogen and oxygen atoms in total. The summed E-state index contributed by atoms with van der Waals surface area (Å²) in [6, 6.07) is 11.0. The van der Waals surface area contributed by atoms with Crippen LogP contribution in [0.4, 0.5) is 10.9 Å². The van der Waals surface area contributed by atoms with E-state index in [1.165, 1.54) is 11.3 Å². The molecular formula is C16H13ClN4OS. The van der Waals surface area contributed by atoms with Gasteiger partial charge in [-0.25, -0.2) is 9.97 Å². The van der Waals surface area contributed by atoms with Crippen molar-refractivity contribution in [1.29, 1.82) is 0 Å². The van der Waals surface area contributed by atoms with E-state index in [1.54, 1.807) is 12.3 Å². The van der Waals surface area contributed by atoms with Gasteiger partial charge in [-0.1, -0.05) is 41.1 Å². The van der Waals surface area contributed by atoms with E-state index in [0.29, 0.717) is 32.1 Å². The Labute approximate surface area is 142 Å². The SMILES string of the molecule is Cc1cccc(Cl)c1-c1nc(Nc2ccccn2)sc1C(N)=O. The van der Waals surface area contributed by atoms with Crippen molar-refractivity contribution in [2.24, 2.45) is 5.73 Å². The fraction of sp³-hybridized carbons (Fsp3) is 0.0625. The van der Waals surface area contributed by atoms with E-state index in [9.17, 15) is 4.79 Å². The standard InChI is InChI=1S/C16H13ClN4OS/c1-9-5-4-6-10(17)12(9)13-14(15(18)22)23-16(21-13)20-11-7-2-3-8-19-11/h2-8H,1H3,(H2,18,22)(H,19,20,21). The molecule has 0 aliphatic rings. The molecule has 0 unspecified atom stereocenters. The number of rotatable bonds is 4. The quantitative estimate of drug-likeness (QED) is 0.749. The summed E-state index contributed by atoms with van der Waals surface area (Å²) in [5, 5.41) is 4.14. The van der Waals surface area contributed by atoms with E-state index in [1.807, 2.05) is 37.3 Å². The number of halogens is 1. The van der Waals surface area contributed by atoms with Gasteiger partial charge in [-0.15, -0.1) is 0 Å². The van der Waals surface area contributed by atoms with Gasteiger partial charge in [0.2, 0.25) is 0 Å². The fourth-order valence-electron chi connectivity index (χ4n) is 2.19. The molecule has 0 bridgehead atoms. The molecule has 0 atom stereocenters. The van der Waals surface area contributed by atoms with Crippen molar-refractivity contribution in [2.45, 2.75) is 6.92 Å². The number of hydrogen-bond acceptors (Lipinski definition) is 5. The second kappa shape index (κ2) is 6.36. The minimum Gasteiger partial charge on any atom is -0.365 e. The van der Waals surface area contributed by atoms with Gasteiger partial charge in [0.15, 0.2) is 5.13 Å². The predicted molar refractivity (Wildman–Crippen MR) is 93.3 cm³/mol. The van der Waals surface area contributed by atoms with Crippen molar-refractivity contribution in [3.8, 4) is 11.3 Å². The van der Waals surface area contributed by atoms with Crippen LogP contribution >= 0.6 is 22.9 Å². The maximum Gasteiger partial charge on any atom is 0.261 e. The smallest absolute Gasteiger partial charge is 0.261 e. The molecule has 0 fully saturated rings. The molecule has 2 aromatic heterocycles. The molecule has 3 rings (SSSR count). The van der Waals surface area contributed by atoms with Crippen LogP contribution in [0.2, 0.25) is 5.02 Å². The average Bonchev–Trinajstić information content (AvgIpc) is 2.92. The first kappa shape index (κ1) is 15.5. The molecule has 0 aliphatic carbocycles. The first-order chi connectivity index (χ1) is 11.1. The normalized spacial score (nSPS) is 10.5. The maximum absolute atomic E-state index is 11.8. The van der Waals surface area contributed by atoms with Crippen LogP contribution in [-0.2, 0) is 0 Å². The minimum absolute atomic E-state index is 0.361. The van der Waals surface area contributed by atoms with Gasteiger partial charge in [-0.3, -0.25) is 4.79 Å². The molecule has 2 heterocycles. The van der Waals surface area contributed by atoms with Crippen LogP contribution in [-0.4, -0.2) is 15.9 Å². The Morgan fingerprint density at radius 1 is 1.26 bits per heavy atom. The summed E-state index contributed by atoms with van der Waals surface area (Å²) in [4.78, 5) is 20.8. The number of nitrogens with zero attached hydrogens (tertiary/aromatic N) is 2. The summed E-state index contributed by atoms with van der Waals surface area (Å²) in [6.45, 7) is 1.91. The van der Waals surface area contributed by atoms with E-state index >= 15 is 0 Å². The highest BCUT2D eigenvalue weighted by Crippen LogP contribution is 2.37. The molecule has 7 heteroatoms. The third kappa shape index (κ3) is 3.18. The van der Waals surface area contributed by atoms with Gasteiger partial charge in [-0.2, -0.15) is 0 Å². The van der Waals surface area contributed by atoms with E-state index in [0.717, 1.165) is 5.56 Å². The van der Waals surface area contributed by atoms with Crippen molar-refractivity contribution in [3.05, 3.63) is 58.1 Å². The highest BCUT2D eigenvalue weighted by Gasteiger charge is 2.21. The molecule has 0 spiro atoms. The number of aromatic nitrogens is 2. The van der Waals surface area contributed by atoms with E-state index in [2.05, 4.69) is 15.3 Å². The molecule has 0 saturated heterocycles. The zero-order valence-electron chi connectivity index (χ0n) is 12.2. The van der Waals surface area contributed by atoms with Gasteiger partial charge in [0.05, 0.1) is 10.7 Å². The van der Waals surface area contributed by atoms with Gasteiger partial charge >= 0.3 is 0 Å². The summed E-state index contributed by atoms with van der Waals surface area (Å²) in [7, 11) is 0. The Balaban J connectivity index is 2.08. The first-order valence-electron chi connectivity index (χ1n) is 6.80. The highest BCUT2D eigenvalue weighted by atomic mass is 35.5. The molecule has 23 heavy (non-hydrogen) atoms. The largest absolute Gasteiger partial charge is 0.365 e. The molecule has 1 amide bonds. The zero-order chi connectivity index (χ0) is 16.4. The van der Waals surface area contributed by atoms with Crippen molar-refractivity contribution in [2.75, 3.05) is 5.32 Å². The number of thiazole rings is 1. The molecule has 0 aliphatic heterocycles. The van der Waals surface area contributed by atoms with Gasteiger partial charge < -0.3 is 11.1 Å². The summed E-state index contributed by atoms with van der Waals surface area (Å²) in [6.07, 6.45) is 1.67. The van der Waals surface area contributed by atoms with Crippen molar-refractivity contribution in [3.63, 3.8) is 0 Å². The zero-order valence-corrected chi connectivity index (χ0v) is 13.8. The molecule has 116 valence electrons. The lowest BCUT2D eigenvalue weighted by Crippen LogP contribution is -2.10.